The third kappa shape index (κ3) is 2.84. The van der Waals surface area contributed by atoms with Crippen molar-refractivity contribution in [3.05, 3.63) is 64.6 Å². The van der Waals surface area contributed by atoms with Crippen LogP contribution in [0.4, 0.5) is 5.69 Å². The molecule has 0 saturated heterocycles. The average molecular weight is 307 g/mol. The lowest BCUT2D eigenvalue weighted by atomic mass is 10.1. The van der Waals surface area contributed by atoms with E-state index in [1.165, 1.54) is 0 Å². The van der Waals surface area contributed by atoms with Crippen molar-refractivity contribution in [2.75, 3.05) is 5.32 Å². The Kier molecular flexibility index (Phi) is 3.90. The predicted octanol–water partition coefficient (Wildman–Crippen LogP) is 3.75. The number of hydrogen-bond donors (Lipinski definition) is 1. The summed E-state index contributed by atoms with van der Waals surface area (Å²) in [5.74, 6) is -0.0196. The van der Waals surface area contributed by atoms with Crippen molar-refractivity contribution >= 4 is 17.2 Å². The van der Waals surface area contributed by atoms with Gasteiger partial charge in [0.25, 0.3) is 0 Å². The fourth-order valence-electron chi connectivity index (χ4n) is 2.93. The molecule has 2 aromatic heterocycles. The summed E-state index contributed by atoms with van der Waals surface area (Å²) in [4.78, 5) is 17.1. The number of aryl methyl sites for hydroxylation is 4. The maximum Gasteiger partial charge on any atom is 0.230 e. The first-order chi connectivity index (χ1) is 11.0. The highest BCUT2D eigenvalue weighted by atomic mass is 16.1. The standard InChI is InChI=1S/C19H21N3O/c1-12-7-5-8-13(2)18(12)21-17(23)11-16-15(4)20-19-14(3)9-6-10-22(16)19/h5-10H,11H2,1-4H3,(H,21,23). The molecule has 23 heavy (non-hydrogen) atoms. The maximum absolute atomic E-state index is 12.5. The molecule has 3 rings (SSSR count). The third-order valence-electron chi connectivity index (χ3n) is 4.22. The van der Waals surface area contributed by atoms with E-state index < -0.39 is 0 Å². The van der Waals surface area contributed by atoms with Crippen molar-refractivity contribution in [2.24, 2.45) is 0 Å². The minimum atomic E-state index is -0.0196. The summed E-state index contributed by atoms with van der Waals surface area (Å²) in [5.41, 5.74) is 6.91. The molecule has 4 nitrogen and oxygen atoms in total. The Hall–Kier alpha value is -2.62. The molecule has 0 unspecified atom stereocenters. The van der Waals surface area contributed by atoms with E-state index in [2.05, 4.69) is 10.3 Å². The van der Waals surface area contributed by atoms with Gasteiger partial charge in [-0.05, 0) is 50.5 Å². The number of pyridine rings is 1. The topological polar surface area (TPSA) is 46.4 Å². The van der Waals surface area contributed by atoms with Gasteiger partial charge < -0.3 is 9.72 Å². The summed E-state index contributed by atoms with van der Waals surface area (Å²) in [7, 11) is 0. The Morgan fingerprint density at radius 3 is 2.39 bits per heavy atom. The molecule has 0 aliphatic carbocycles. The average Bonchev–Trinajstić information content (AvgIpc) is 2.81. The fourth-order valence-corrected chi connectivity index (χ4v) is 2.93. The van der Waals surface area contributed by atoms with Crippen molar-refractivity contribution in [2.45, 2.75) is 34.1 Å². The molecular weight excluding hydrogens is 286 g/mol. The molecule has 118 valence electrons. The van der Waals surface area contributed by atoms with E-state index in [1.54, 1.807) is 0 Å². The number of amides is 1. The van der Waals surface area contributed by atoms with Gasteiger partial charge in [-0.2, -0.15) is 0 Å². The lowest BCUT2D eigenvalue weighted by Crippen LogP contribution is -2.17. The molecule has 1 N–H and O–H groups in total. The van der Waals surface area contributed by atoms with E-state index in [1.807, 2.05) is 68.6 Å². The van der Waals surface area contributed by atoms with Crippen LogP contribution in [-0.2, 0) is 11.2 Å². The molecule has 0 saturated carbocycles. The van der Waals surface area contributed by atoms with Gasteiger partial charge in [0.2, 0.25) is 5.91 Å². The molecule has 0 atom stereocenters. The first-order valence-corrected chi connectivity index (χ1v) is 7.76. The van der Waals surface area contributed by atoms with E-state index in [9.17, 15) is 4.79 Å². The normalized spacial score (nSPS) is 11.0. The highest BCUT2D eigenvalue weighted by molar-refractivity contribution is 5.93. The molecule has 0 radical (unpaired) electrons. The second-order valence-electron chi connectivity index (χ2n) is 6.02. The highest BCUT2D eigenvalue weighted by Crippen LogP contribution is 2.21. The van der Waals surface area contributed by atoms with Crippen molar-refractivity contribution in [1.82, 2.24) is 9.38 Å². The van der Waals surface area contributed by atoms with Crippen LogP contribution in [0.15, 0.2) is 36.5 Å². The van der Waals surface area contributed by atoms with Crippen LogP contribution in [0.5, 0.6) is 0 Å². The van der Waals surface area contributed by atoms with Gasteiger partial charge in [0.15, 0.2) is 0 Å². The Morgan fingerprint density at radius 2 is 1.70 bits per heavy atom. The largest absolute Gasteiger partial charge is 0.325 e. The van der Waals surface area contributed by atoms with Gasteiger partial charge in [0, 0.05) is 11.9 Å². The lowest BCUT2D eigenvalue weighted by molar-refractivity contribution is -0.115. The van der Waals surface area contributed by atoms with E-state index in [0.29, 0.717) is 6.42 Å². The maximum atomic E-state index is 12.5. The summed E-state index contributed by atoms with van der Waals surface area (Å²) in [6.45, 7) is 7.99. The number of fused-ring (bicyclic) bond motifs is 1. The molecule has 3 aromatic rings. The Morgan fingerprint density at radius 1 is 1.04 bits per heavy atom. The quantitative estimate of drug-likeness (QED) is 0.801. The smallest absolute Gasteiger partial charge is 0.230 e. The summed E-state index contributed by atoms with van der Waals surface area (Å²) in [5, 5.41) is 3.04. The first kappa shape index (κ1) is 15.3. The van der Waals surface area contributed by atoms with Crippen molar-refractivity contribution < 1.29 is 4.79 Å². The number of nitrogens with one attached hydrogen (secondary N) is 1. The first-order valence-electron chi connectivity index (χ1n) is 7.76. The van der Waals surface area contributed by atoms with Crippen LogP contribution in [0.3, 0.4) is 0 Å². The minimum absolute atomic E-state index is 0.0196. The summed E-state index contributed by atoms with van der Waals surface area (Å²) < 4.78 is 2.01. The Bertz CT molecular complexity index is 873. The molecular formula is C19H21N3O. The van der Waals surface area contributed by atoms with Gasteiger partial charge in [-0.15, -0.1) is 0 Å². The number of hydrogen-bond acceptors (Lipinski definition) is 2. The number of aromatic nitrogens is 2. The van der Waals surface area contributed by atoms with E-state index in [0.717, 1.165) is 39.4 Å². The van der Waals surface area contributed by atoms with Crippen LogP contribution >= 0.6 is 0 Å². The van der Waals surface area contributed by atoms with Crippen LogP contribution in [0.25, 0.3) is 5.65 Å². The Balaban J connectivity index is 1.89. The second-order valence-corrected chi connectivity index (χ2v) is 6.02. The van der Waals surface area contributed by atoms with Gasteiger partial charge in [-0.25, -0.2) is 4.98 Å². The molecule has 1 aromatic carbocycles. The van der Waals surface area contributed by atoms with Gasteiger partial charge in [-0.3, -0.25) is 4.79 Å². The molecule has 0 bridgehead atoms. The number of carbonyl (C=O) groups is 1. The SMILES string of the molecule is Cc1cccc(C)c1NC(=O)Cc1c(C)nc2c(C)cccn12. The van der Waals surface area contributed by atoms with Gasteiger partial charge in [0.1, 0.15) is 5.65 Å². The van der Waals surface area contributed by atoms with E-state index in [4.69, 9.17) is 0 Å². The minimum Gasteiger partial charge on any atom is -0.325 e. The van der Waals surface area contributed by atoms with E-state index >= 15 is 0 Å². The Labute approximate surface area is 136 Å². The molecule has 2 heterocycles. The molecule has 0 spiro atoms. The second kappa shape index (κ2) is 5.88. The number of imidazole rings is 1. The number of anilines is 1. The molecule has 1 amide bonds. The molecule has 0 aliphatic rings. The lowest BCUT2D eigenvalue weighted by Gasteiger charge is -2.11. The zero-order chi connectivity index (χ0) is 16.6. The monoisotopic (exact) mass is 307 g/mol. The zero-order valence-electron chi connectivity index (χ0n) is 14.0. The van der Waals surface area contributed by atoms with Gasteiger partial charge >= 0.3 is 0 Å². The summed E-state index contributed by atoms with van der Waals surface area (Å²) in [6.07, 6.45) is 2.27. The van der Waals surface area contributed by atoms with Crippen LogP contribution in [0.2, 0.25) is 0 Å². The third-order valence-corrected chi connectivity index (χ3v) is 4.22. The van der Waals surface area contributed by atoms with Gasteiger partial charge in [-0.1, -0.05) is 24.3 Å². The number of carbonyl (C=O) groups excluding carboxylic acids is 1. The summed E-state index contributed by atoms with van der Waals surface area (Å²) in [6, 6.07) is 10.0. The van der Waals surface area contributed by atoms with Crippen LogP contribution < -0.4 is 5.32 Å². The van der Waals surface area contributed by atoms with Crippen LogP contribution in [0, 0.1) is 27.7 Å². The molecule has 0 aliphatic heterocycles. The molecule has 0 fully saturated rings. The molecule has 4 heteroatoms. The summed E-state index contributed by atoms with van der Waals surface area (Å²) >= 11 is 0. The van der Waals surface area contributed by atoms with Crippen molar-refractivity contribution in [3.8, 4) is 0 Å². The number of benzene rings is 1. The number of nitrogens with zero attached hydrogens (tertiary/aromatic N) is 2. The van der Waals surface area contributed by atoms with Crippen molar-refractivity contribution in [3.63, 3.8) is 0 Å². The van der Waals surface area contributed by atoms with E-state index in [-0.39, 0.29) is 5.91 Å². The number of rotatable bonds is 3. The van der Waals surface area contributed by atoms with Crippen LogP contribution in [-0.4, -0.2) is 15.3 Å². The number of para-hydroxylation sites is 1. The van der Waals surface area contributed by atoms with Gasteiger partial charge in [0.05, 0.1) is 17.8 Å². The fraction of sp³-hybridized carbons (Fsp3) is 0.263. The van der Waals surface area contributed by atoms with Crippen molar-refractivity contribution in [1.29, 1.82) is 0 Å². The predicted molar refractivity (Wildman–Crippen MR) is 92.9 cm³/mol. The zero-order valence-corrected chi connectivity index (χ0v) is 14.0. The van der Waals surface area contributed by atoms with Crippen LogP contribution in [0.1, 0.15) is 28.1 Å². The highest BCUT2D eigenvalue weighted by Gasteiger charge is 2.15.